The SMILES string of the molecule is O=C1NCCOc2cc(C3=CCCCc4nc(C5CCC5)ncc43)ccc21. The van der Waals surface area contributed by atoms with Crippen LogP contribution >= 0.6 is 0 Å². The van der Waals surface area contributed by atoms with Crippen LogP contribution in [-0.4, -0.2) is 29.0 Å². The fraction of sp³-hybridized carbons (Fsp3) is 0.409. The van der Waals surface area contributed by atoms with Crippen molar-refractivity contribution in [2.45, 2.75) is 44.4 Å². The van der Waals surface area contributed by atoms with Crippen molar-refractivity contribution in [2.75, 3.05) is 13.2 Å². The molecule has 0 unspecified atom stereocenters. The first-order valence-corrected chi connectivity index (χ1v) is 9.91. The lowest BCUT2D eigenvalue weighted by Crippen LogP contribution is -2.24. The molecule has 27 heavy (non-hydrogen) atoms. The minimum atomic E-state index is -0.0715. The first-order chi connectivity index (χ1) is 13.3. The highest BCUT2D eigenvalue weighted by atomic mass is 16.5. The van der Waals surface area contributed by atoms with Crippen LogP contribution in [-0.2, 0) is 6.42 Å². The highest BCUT2D eigenvalue weighted by Crippen LogP contribution is 2.37. The van der Waals surface area contributed by atoms with Crippen molar-refractivity contribution in [3.8, 4) is 5.75 Å². The summed E-state index contributed by atoms with van der Waals surface area (Å²) in [5, 5.41) is 2.85. The minimum Gasteiger partial charge on any atom is -0.491 e. The molecule has 2 aromatic rings. The van der Waals surface area contributed by atoms with E-state index in [0.717, 1.165) is 47.5 Å². The van der Waals surface area contributed by atoms with Gasteiger partial charge < -0.3 is 10.1 Å². The fourth-order valence-electron chi connectivity index (χ4n) is 4.03. The number of nitrogens with one attached hydrogen (secondary N) is 1. The molecule has 1 aromatic carbocycles. The third-order valence-corrected chi connectivity index (χ3v) is 5.80. The van der Waals surface area contributed by atoms with Crippen LogP contribution in [0.2, 0.25) is 0 Å². The summed E-state index contributed by atoms with van der Waals surface area (Å²) in [6.07, 6.45) is 11.1. The molecule has 138 valence electrons. The number of fused-ring (bicyclic) bond motifs is 2. The molecular weight excluding hydrogens is 338 g/mol. The van der Waals surface area contributed by atoms with Gasteiger partial charge in [0.1, 0.15) is 18.2 Å². The monoisotopic (exact) mass is 361 g/mol. The molecule has 0 spiro atoms. The second kappa shape index (κ2) is 6.80. The van der Waals surface area contributed by atoms with Gasteiger partial charge >= 0.3 is 0 Å². The minimum absolute atomic E-state index is 0.0715. The van der Waals surface area contributed by atoms with E-state index in [1.807, 2.05) is 24.4 Å². The van der Waals surface area contributed by atoms with Crippen LogP contribution in [0.15, 0.2) is 30.5 Å². The summed E-state index contributed by atoms with van der Waals surface area (Å²) in [7, 11) is 0. The van der Waals surface area contributed by atoms with Crippen molar-refractivity contribution in [2.24, 2.45) is 0 Å². The van der Waals surface area contributed by atoms with Gasteiger partial charge in [0.25, 0.3) is 5.91 Å². The summed E-state index contributed by atoms with van der Waals surface area (Å²) >= 11 is 0. The van der Waals surface area contributed by atoms with Gasteiger partial charge in [-0.2, -0.15) is 0 Å². The van der Waals surface area contributed by atoms with Crippen LogP contribution in [0.3, 0.4) is 0 Å². The Morgan fingerprint density at radius 3 is 2.93 bits per heavy atom. The Bertz CT molecular complexity index is 931. The van der Waals surface area contributed by atoms with E-state index in [2.05, 4.69) is 11.4 Å². The summed E-state index contributed by atoms with van der Waals surface area (Å²) < 4.78 is 5.80. The van der Waals surface area contributed by atoms with Crippen molar-refractivity contribution in [1.29, 1.82) is 0 Å². The smallest absolute Gasteiger partial charge is 0.255 e. The zero-order valence-electron chi connectivity index (χ0n) is 15.3. The van der Waals surface area contributed by atoms with Crippen LogP contribution in [0.5, 0.6) is 5.75 Å². The van der Waals surface area contributed by atoms with Crippen molar-refractivity contribution >= 4 is 11.5 Å². The van der Waals surface area contributed by atoms with Crippen molar-refractivity contribution in [3.05, 3.63) is 58.7 Å². The van der Waals surface area contributed by atoms with Crippen LogP contribution in [0.4, 0.5) is 0 Å². The number of aryl methyl sites for hydroxylation is 1. The predicted molar refractivity (Wildman–Crippen MR) is 103 cm³/mol. The third-order valence-electron chi connectivity index (χ3n) is 5.80. The van der Waals surface area contributed by atoms with E-state index in [1.165, 1.54) is 19.3 Å². The van der Waals surface area contributed by atoms with Gasteiger partial charge in [-0.25, -0.2) is 9.97 Å². The maximum Gasteiger partial charge on any atom is 0.255 e. The molecule has 3 aliphatic rings. The molecule has 1 aromatic heterocycles. The molecule has 0 radical (unpaired) electrons. The normalized spacial score (nSPS) is 19.4. The maximum atomic E-state index is 12.2. The van der Waals surface area contributed by atoms with Crippen LogP contribution in [0, 0.1) is 0 Å². The Morgan fingerprint density at radius 1 is 1.15 bits per heavy atom. The first-order valence-electron chi connectivity index (χ1n) is 9.91. The van der Waals surface area contributed by atoms with Crippen LogP contribution < -0.4 is 10.1 Å². The number of carbonyl (C=O) groups excluding carboxylic acids is 1. The van der Waals surface area contributed by atoms with Gasteiger partial charge in [0.15, 0.2) is 0 Å². The van der Waals surface area contributed by atoms with E-state index in [1.54, 1.807) is 0 Å². The maximum absolute atomic E-state index is 12.2. The number of aromatic nitrogens is 2. The number of nitrogens with zero attached hydrogens (tertiary/aromatic N) is 2. The molecule has 5 rings (SSSR count). The summed E-state index contributed by atoms with van der Waals surface area (Å²) in [5.74, 6) is 2.15. The van der Waals surface area contributed by atoms with Gasteiger partial charge in [-0.1, -0.05) is 18.6 Å². The third kappa shape index (κ3) is 3.01. The van der Waals surface area contributed by atoms with Gasteiger partial charge in [0, 0.05) is 17.7 Å². The predicted octanol–water partition coefficient (Wildman–Crippen LogP) is 3.63. The van der Waals surface area contributed by atoms with Crippen molar-refractivity contribution in [1.82, 2.24) is 15.3 Å². The molecule has 2 heterocycles. The molecule has 2 aliphatic carbocycles. The zero-order valence-corrected chi connectivity index (χ0v) is 15.3. The van der Waals surface area contributed by atoms with Gasteiger partial charge in [0.05, 0.1) is 17.8 Å². The highest BCUT2D eigenvalue weighted by molar-refractivity contribution is 5.98. The number of benzene rings is 1. The Labute approximate surface area is 158 Å². The zero-order chi connectivity index (χ0) is 18.2. The Morgan fingerprint density at radius 2 is 2.07 bits per heavy atom. The number of hydrogen-bond donors (Lipinski definition) is 1. The quantitative estimate of drug-likeness (QED) is 0.887. The summed E-state index contributed by atoms with van der Waals surface area (Å²) in [6.45, 7) is 1.03. The molecule has 0 atom stereocenters. The Hall–Kier alpha value is -2.69. The second-order valence-electron chi connectivity index (χ2n) is 7.54. The summed E-state index contributed by atoms with van der Waals surface area (Å²) in [5.41, 5.74) is 5.09. The first kappa shape index (κ1) is 16.5. The van der Waals surface area contributed by atoms with Gasteiger partial charge in [-0.15, -0.1) is 0 Å². The highest BCUT2D eigenvalue weighted by Gasteiger charge is 2.25. The van der Waals surface area contributed by atoms with E-state index >= 15 is 0 Å². The average Bonchev–Trinajstić information content (AvgIpc) is 2.96. The lowest BCUT2D eigenvalue weighted by atomic mass is 9.84. The molecule has 1 N–H and O–H groups in total. The molecule has 1 amide bonds. The number of hydrogen-bond acceptors (Lipinski definition) is 4. The van der Waals surface area contributed by atoms with E-state index in [0.29, 0.717) is 30.4 Å². The lowest BCUT2D eigenvalue weighted by molar-refractivity contribution is 0.0957. The average molecular weight is 361 g/mol. The summed E-state index contributed by atoms with van der Waals surface area (Å²) in [6, 6.07) is 5.86. The fourth-order valence-corrected chi connectivity index (χ4v) is 4.03. The largest absolute Gasteiger partial charge is 0.491 e. The van der Waals surface area contributed by atoms with E-state index in [9.17, 15) is 4.79 Å². The van der Waals surface area contributed by atoms with Gasteiger partial charge in [-0.3, -0.25) is 4.79 Å². The van der Waals surface area contributed by atoms with E-state index in [-0.39, 0.29) is 5.91 Å². The van der Waals surface area contributed by atoms with E-state index < -0.39 is 0 Å². The molecule has 0 bridgehead atoms. The number of ether oxygens (including phenoxy) is 1. The number of rotatable bonds is 2. The molecule has 1 fully saturated rings. The number of carbonyl (C=O) groups is 1. The molecule has 5 nitrogen and oxygen atoms in total. The standard InChI is InChI=1S/C22H23N3O2/c26-22-17-9-8-15(12-20(17)27-11-10-23-22)16-6-1-2-7-19-18(16)13-24-21(25-19)14-4-3-5-14/h6,8-9,12-14H,1-5,7,10-11H2,(H,23,26). The molecule has 1 saturated carbocycles. The molecule has 0 saturated heterocycles. The van der Waals surface area contributed by atoms with Gasteiger partial charge in [0.2, 0.25) is 0 Å². The molecule has 5 heteroatoms. The van der Waals surface area contributed by atoms with E-state index in [4.69, 9.17) is 14.7 Å². The van der Waals surface area contributed by atoms with Crippen LogP contribution in [0.25, 0.3) is 5.57 Å². The topological polar surface area (TPSA) is 64.1 Å². The molecule has 1 aliphatic heterocycles. The number of amides is 1. The second-order valence-corrected chi connectivity index (χ2v) is 7.54. The summed E-state index contributed by atoms with van der Waals surface area (Å²) in [4.78, 5) is 21.8. The van der Waals surface area contributed by atoms with Gasteiger partial charge in [-0.05, 0) is 55.4 Å². The van der Waals surface area contributed by atoms with Crippen molar-refractivity contribution in [3.63, 3.8) is 0 Å². The van der Waals surface area contributed by atoms with Crippen LogP contribution in [0.1, 0.15) is 71.0 Å². The van der Waals surface area contributed by atoms with Crippen molar-refractivity contribution < 1.29 is 9.53 Å². The Kier molecular flexibility index (Phi) is 4.15. The Balaban J connectivity index is 1.55. The number of allylic oxidation sites excluding steroid dienone is 1. The molecular formula is C22H23N3O2. The lowest BCUT2D eigenvalue weighted by Gasteiger charge is -2.24.